The van der Waals surface area contributed by atoms with Gasteiger partial charge in [0.2, 0.25) is 5.91 Å². The molecule has 0 spiro atoms. The SMILES string of the molecule is COc1ccc(CCC(=O)Nc2cccc(-n3c(C)nc4ccccc4c3=O)c2)cc1. The van der Waals surface area contributed by atoms with Gasteiger partial charge in [0.15, 0.2) is 0 Å². The first kappa shape index (κ1) is 20.3. The smallest absolute Gasteiger partial charge is 0.265 e. The summed E-state index contributed by atoms with van der Waals surface area (Å²) in [6.07, 6.45) is 0.982. The van der Waals surface area contributed by atoms with Crippen molar-refractivity contribution < 1.29 is 9.53 Å². The number of amides is 1. The fourth-order valence-corrected chi connectivity index (χ4v) is 3.54. The van der Waals surface area contributed by atoms with Crippen molar-refractivity contribution >= 4 is 22.5 Å². The van der Waals surface area contributed by atoms with Crippen LogP contribution in [-0.2, 0) is 11.2 Å². The lowest BCUT2D eigenvalue weighted by atomic mass is 10.1. The van der Waals surface area contributed by atoms with Gasteiger partial charge >= 0.3 is 0 Å². The molecule has 0 unspecified atom stereocenters. The molecular formula is C25H23N3O3. The molecule has 0 bridgehead atoms. The number of benzene rings is 3. The lowest BCUT2D eigenvalue weighted by Gasteiger charge is -2.13. The molecule has 6 nitrogen and oxygen atoms in total. The van der Waals surface area contributed by atoms with E-state index in [1.165, 1.54) is 0 Å². The standard InChI is InChI=1S/C25H23N3O3/c1-17-26-23-9-4-3-8-22(23)25(30)28(17)20-7-5-6-19(16-20)27-24(29)15-12-18-10-13-21(31-2)14-11-18/h3-11,13-14,16H,12,15H2,1-2H3,(H,27,29). The summed E-state index contributed by atoms with van der Waals surface area (Å²) in [4.78, 5) is 30.0. The van der Waals surface area contributed by atoms with Gasteiger partial charge in [0.1, 0.15) is 11.6 Å². The summed E-state index contributed by atoms with van der Waals surface area (Å²) in [6.45, 7) is 1.80. The number of methoxy groups -OCH3 is 1. The zero-order valence-electron chi connectivity index (χ0n) is 17.5. The minimum atomic E-state index is -0.133. The second-order valence-corrected chi connectivity index (χ2v) is 7.26. The van der Waals surface area contributed by atoms with E-state index in [0.717, 1.165) is 11.3 Å². The van der Waals surface area contributed by atoms with E-state index in [2.05, 4.69) is 10.3 Å². The first-order valence-corrected chi connectivity index (χ1v) is 10.1. The zero-order valence-corrected chi connectivity index (χ0v) is 17.5. The van der Waals surface area contributed by atoms with E-state index in [1.54, 1.807) is 30.7 Å². The quantitative estimate of drug-likeness (QED) is 0.512. The largest absolute Gasteiger partial charge is 0.497 e. The maximum atomic E-state index is 13.0. The Bertz CT molecular complexity index is 1290. The number of anilines is 1. The van der Waals surface area contributed by atoms with Gasteiger partial charge in [0.25, 0.3) is 5.56 Å². The molecule has 0 atom stereocenters. The monoisotopic (exact) mass is 413 g/mol. The minimum absolute atomic E-state index is 0.0892. The first-order valence-electron chi connectivity index (χ1n) is 10.1. The van der Waals surface area contributed by atoms with E-state index in [4.69, 9.17) is 4.74 Å². The molecular weight excluding hydrogens is 390 g/mol. The van der Waals surface area contributed by atoms with Crippen LogP contribution < -0.4 is 15.6 Å². The Balaban J connectivity index is 1.51. The van der Waals surface area contributed by atoms with Crippen molar-refractivity contribution in [2.45, 2.75) is 19.8 Å². The molecule has 156 valence electrons. The molecule has 1 amide bonds. The highest BCUT2D eigenvalue weighted by molar-refractivity contribution is 5.91. The Morgan fingerprint density at radius 2 is 1.81 bits per heavy atom. The fraction of sp³-hybridized carbons (Fsp3) is 0.160. The van der Waals surface area contributed by atoms with Crippen LogP contribution in [-0.4, -0.2) is 22.6 Å². The van der Waals surface area contributed by atoms with Crippen molar-refractivity contribution in [3.05, 3.63) is 94.5 Å². The molecule has 6 heteroatoms. The number of para-hydroxylation sites is 1. The summed E-state index contributed by atoms with van der Waals surface area (Å²) in [7, 11) is 1.63. The lowest BCUT2D eigenvalue weighted by Crippen LogP contribution is -2.22. The van der Waals surface area contributed by atoms with Gasteiger partial charge in [-0.05, 0) is 61.4 Å². The van der Waals surface area contributed by atoms with Gasteiger partial charge in [-0.2, -0.15) is 0 Å². The van der Waals surface area contributed by atoms with Gasteiger partial charge < -0.3 is 10.1 Å². The highest BCUT2D eigenvalue weighted by Gasteiger charge is 2.11. The van der Waals surface area contributed by atoms with E-state index in [-0.39, 0.29) is 11.5 Å². The second kappa shape index (κ2) is 8.83. The molecule has 1 aromatic heterocycles. The maximum Gasteiger partial charge on any atom is 0.265 e. The summed E-state index contributed by atoms with van der Waals surface area (Å²) in [5, 5.41) is 3.48. The number of nitrogens with zero attached hydrogens (tertiary/aromatic N) is 2. The van der Waals surface area contributed by atoms with Crippen LogP contribution in [0.2, 0.25) is 0 Å². The van der Waals surface area contributed by atoms with Crippen molar-refractivity contribution in [1.29, 1.82) is 0 Å². The third-order valence-electron chi connectivity index (χ3n) is 5.13. The number of carbonyl (C=O) groups is 1. The average Bonchev–Trinajstić information content (AvgIpc) is 2.78. The van der Waals surface area contributed by atoms with Crippen molar-refractivity contribution in [3.8, 4) is 11.4 Å². The summed E-state index contributed by atoms with van der Waals surface area (Å²) in [5.41, 5.74) is 2.90. The molecule has 0 aliphatic rings. The van der Waals surface area contributed by atoms with Crippen LogP contribution in [0.15, 0.2) is 77.6 Å². The van der Waals surface area contributed by atoms with Crippen molar-refractivity contribution in [2.75, 3.05) is 12.4 Å². The number of fused-ring (bicyclic) bond motifs is 1. The summed E-state index contributed by atoms with van der Waals surface area (Å²) in [6, 6.07) is 22.2. The van der Waals surface area contributed by atoms with Crippen LogP contribution in [0.1, 0.15) is 17.8 Å². The van der Waals surface area contributed by atoms with Crippen molar-refractivity contribution in [1.82, 2.24) is 9.55 Å². The predicted molar refractivity (Wildman–Crippen MR) is 122 cm³/mol. The van der Waals surface area contributed by atoms with Gasteiger partial charge in [-0.25, -0.2) is 4.98 Å². The number of aromatic nitrogens is 2. The Labute approximate surface area is 180 Å². The lowest BCUT2D eigenvalue weighted by molar-refractivity contribution is -0.116. The fourth-order valence-electron chi connectivity index (χ4n) is 3.54. The molecule has 0 radical (unpaired) electrons. The van der Waals surface area contributed by atoms with Crippen molar-refractivity contribution in [3.63, 3.8) is 0 Å². The molecule has 3 aromatic carbocycles. The number of hydrogen-bond donors (Lipinski definition) is 1. The van der Waals surface area contributed by atoms with Crippen LogP contribution in [0.4, 0.5) is 5.69 Å². The topological polar surface area (TPSA) is 73.2 Å². The van der Waals surface area contributed by atoms with Gasteiger partial charge in [0.05, 0.1) is 23.7 Å². The predicted octanol–water partition coefficient (Wildman–Crippen LogP) is 4.27. The zero-order chi connectivity index (χ0) is 21.8. The highest BCUT2D eigenvalue weighted by atomic mass is 16.5. The molecule has 4 aromatic rings. The number of carbonyl (C=O) groups excluding carboxylic acids is 1. The Morgan fingerprint density at radius 3 is 2.58 bits per heavy atom. The molecule has 31 heavy (non-hydrogen) atoms. The molecule has 0 aliphatic heterocycles. The first-order chi connectivity index (χ1) is 15.0. The summed E-state index contributed by atoms with van der Waals surface area (Å²) in [5.74, 6) is 1.29. The van der Waals surface area contributed by atoms with Gasteiger partial charge in [-0.1, -0.05) is 30.3 Å². The van der Waals surface area contributed by atoms with E-state index < -0.39 is 0 Å². The number of nitrogens with one attached hydrogen (secondary N) is 1. The summed E-state index contributed by atoms with van der Waals surface area (Å²) < 4.78 is 6.72. The second-order valence-electron chi connectivity index (χ2n) is 7.26. The van der Waals surface area contributed by atoms with Gasteiger partial charge in [-0.3, -0.25) is 14.2 Å². The van der Waals surface area contributed by atoms with E-state index in [1.807, 2.05) is 60.7 Å². The van der Waals surface area contributed by atoms with Gasteiger partial charge in [0, 0.05) is 12.1 Å². The summed E-state index contributed by atoms with van der Waals surface area (Å²) >= 11 is 0. The molecule has 4 rings (SSSR count). The molecule has 0 saturated carbocycles. The number of aryl methyl sites for hydroxylation is 2. The molecule has 0 aliphatic carbocycles. The van der Waals surface area contributed by atoms with E-state index >= 15 is 0 Å². The van der Waals surface area contributed by atoms with Crippen molar-refractivity contribution in [2.24, 2.45) is 0 Å². The Hall–Kier alpha value is -3.93. The number of rotatable bonds is 6. The van der Waals surface area contributed by atoms with Crippen LogP contribution in [0.5, 0.6) is 5.75 Å². The Morgan fingerprint density at radius 1 is 1.03 bits per heavy atom. The van der Waals surface area contributed by atoms with Crippen LogP contribution >= 0.6 is 0 Å². The van der Waals surface area contributed by atoms with Crippen LogP contribution in [0, 0.1) is 6.92 Å². The highest BCUT2D eigenvalue weighted by Crippen LogP contribution is 2.18. The molecule has 1 heterocycles. The molecule has 1 N–H and O–H groups in total. The number of hydrogen-bond acceptors (Lipinski definition) is 4. The third-order valence-corrected chi connectivity index (χ3v) is 5.13. The van der Waals surface area contributed by atoms with E-state index in [0.29, 0.717) is 40.9 Å². The Kier molecular flexibility index (Phi) is 5.80. The third kappa shape index (κ3) is 4.48. The van der Waals surface area contributed by atoms with Crippen LogP contribution in [0.3, 0.4) is 0 Å². The average molecular weight is 413 g/mol. The minimum Gasteiger partial charge on any atom is -0.497 e. The maximum absolute atomic E-state index is 13.0. The normalized spacial score (nSPS) is 10.8. The number of ether oxygens (including phenoxy) is 1. The van der Waals surface area contributed by atoms with Crippen LogP contribution in [0.25, 0.3) is 16.6 Å². The molecule has 0 fully saturated rings. The van der Waals surface area contributed by atoms with Gasteiger partial charge in [-0.15, -0.1) is 0 Å². The van der Waals surface area contributed by atoms with E-state index in [9.17, 15) is 9.59 Å². The molecule has 0 saturated heterocycles.